The second-order valence-corrected chi connectivity index (χ2v) is 9.84. The molecule has 0 atom stereocenters. The first-order chi connectivity index (χ1) is 18.8. The Hall–Kier alpha value is -4.11. The SMILES string of the molecule is COc1cc(Br)c(/C=C(/C(=O)Nc2ccccc2)C(=O)N2CCN(c3ccc(C(C)=O)cc3)CC2)cc1OC. The maximum atomic E-state index is 13.8. The van der Waals surface area contributed by atoms with Crippen LogP contribution >= 0.6 is 15.9 Å². The number of ketones is 1. The Bertz CT molecular complexity index is 1380. The van der Waals surface area contributed by atoms with E-state index >= 15 is 0 Å². The number of amides is 2. The summed E-state index contributed by atoms with van der Waals surface area (Å²) in [6.45, 7) is 3.61. The quantitative estimate of drug-likeness (QED) is 0.171. The molecule has 1 aliphatic rings. The van der Waals surface area contributed by atoms with Crippen molar-refractivity contribution < 1.29 is 23.9 Å². The van der Waals surface area contributed by atoms with Crippen molar-refractivity contribution in [2.45, 2.75) is 6.92 Å². The highest BCUT2D eigenvalue weighted by atomic mass is 79.9. The van der Waals surface area contributed by atoms with Crippen LogP contribution in [-0.4, -0.2) is 62.9 Å². The molecule has 3 aromatic rings. The molecule has 9 heteroatoms. The largest absolute Gasteiger partial charge is 0.493 e. The number of nitrogens with zero attached hydrogens (tertiary/aromatic N) is 2. The predicted molar refractivity (Wildman–Crippen MR) is 156 cm³/mol. The van der Waals surface area contributed by atoms with E-state index in [0.717, 1.165) is 5.69 Å². The Kier molecular flexibility index (Phi) is 9.03. The van der Waals surface area contributed by atoms with Crippen molar-refractivity contribution in [2.75, 3.05) is 50.6 Å². The number of anilines is 2. The number of methoxy groups -OCH3 is 2. The topological polar surface area (TPSA) is 88.2 Å². The van der Waals surface area contributed by atoms with Crippen LogP contribution in [0.2, 0.25) is 0 Å². The number of rotatable bonds is 8. The number of hydrogen-bond donors (Lipinski definition) is 1. The fourth-order valence-corrected chi connectivity index (χ4v) is 4.76. The Labute approximate surface area is 236 Å². The highest BCUT2D eigenvalue weighted by Gasteiger charge is 2.28. The van der Waals surface area contributed by atoms with Crippen LogP contribution in [0.5, 0.6) is 11.5 Å². The number of piperazine rings is 1. The molecule has 0 spiro atoms. The minimum absolute atomic E-state index is 0.00559. The molecule has 1 aliphatic heterocycles. The lowest BCUT2D eigenvalue weighted by atomic mass is 10.1. The molecule has 1 N–H and O–H groups in total. The third-order valence-electron chi connectivity index (χ3n) is 6.52. The number of benzene rings is 3. The highest BCUT2D eigenvalue weighted by molar-refractivity contribution is 9.10. The molecular weight excluding hydrogens is 562 g/mol. The van der Waals surface area contributed by atoms with Crippen LogP contribution in [0, 0.1) is 0 Å². The van der Waals surface area contributed by atoms with Gasteiger partial charge in [0.2, 0.25) is 0 Å². The Morgan fingerprint density at radius 3 is 2.08 bits per heavy atom. The van der Waals surface area contributed by atoms with Crippen LogP contribution in [-0.2, 0) is 9.59 Å². The van der Waals surface area contributed by atoms with Gasteiger partial charge in [0.1, 0.15) is 5.57 Å². The standard InChI is InChI=1S/C30H30BrN3O5/c1-20(35)21-9-11-24(12-10-21)33-13-15-34(16-14-33)30(37)25(29(36)32-23-7-5-4-6-8-23)17-22-18-27(38-2)28(39-3)19-26(22)31/h4-12,17-19H,13-16H2,1-3H3,(H,32,36)/b25-17-. The van der Waals surface area contributed by atoms with Crippen molar-refractivity contribution in [1.29, 1.82) is 0 Å². The molecule has 0 radical (unpaired) electrons. The number of carbonyl (C=O) groups excluding carboxylic acids is 3. The van der Waals surface area contributed by atoms with Gasteiger partial charge < -0.3 is 24.6 Å². The van der Waals surface area contributed by atoms with E-state index in [1.807, 2.05) is 42.5 Å². The summed E-state index contributed by atoms with van der Waals surface area (Å²) < 4.78 is 11.4. The molecule has 202 valence electrons. The molecule has 2 amide bonds. The average molecular weight is 592 g/mol. The third-order valence-corrected chi connectivity index (χ3v) is 7.20. The van der Waals surface area contributed by atoms with Crippen LogP contribution in [0.25, 0.3) is 6.08 Å². The zero-order valence-corrected chi connectivity index (χ0v) is 23.7. The molecule has 39 heavy (non-hydrogen) atoms. The number of halogens is 1. The normalized spacial score (nSPS) is 13.6. The lowest BCUT2D eigenvalue weighted by Crippen LogP contribution is -2.50. The number of para-hydroxylation sites is 1. The maximum absolute atomic E-state index is 13.8. The zero-order valence-electron chi connectivity index (χ0n) is 22.1. The number of ether oxygens (including phenoxy) is 2. The monoisotopic (exact) mass is 591 g/mol. The first kappa shape index (κ1) is 27.9. The molecule has 0 bridgehead atoms. The van der Waals surface area contributed by atoms with Crippen molar-refractivity contribution in [1.82, 2.24) is 4.90 Å². The van der Waals surface area contributed by atoms with Gasteiger partial charge in [-0.25, -0.2) is 0 Å². The maximum Gasteiger partial charge on any atom is 0.261 e. The van der Waals surface area contributed by atoms with Gasteiger partial charge in [-0.05, 0) is 67.1 Å². The number of Topliss-reactive ketones (excluding diaryl/α,β-unsaturated/α-hetero) is 1. The van der Waals surface area contributed by atoms with E-state index in [2.05, 4.69) is 26.1 Å². The molecule has 3 aromatic carbocycles. The lowest BCUT2D eigenvalue weighted by Gasteiger charge is -2.36. The molecule has 0 aliphatic carbocycles. The van der Waals surface area contributed by atoms with Gasteiger partial charge in [-0.2, -0.15) is 0 Å². The minimum atomic E-state index is -0.505. The Balaban J connectivity index is 1.58. The van der Waals surface area contributed by atoms with Crippen LogP contribution in [0.3, 0.4) is 0 Å². The van der Waals surface area contributed by atoms with Crippen molar-refractivity contribution in [3.05, 3.63) is 87.9 Å². The van der Waals surface area contributed by atoms with E-state index in [0.29, 0.717) is 59.0 Å². The van der Waals surface area contributed by atoms with Gasteiger partial charge in [-0.15, -0.1) is 0 Å². The summed E-state index contributed by atoms with van der Waals surface area (Å²) in [7, 11) is 3.07. The molecule has 0 unspecified atom stereocenters. The van der Waals surface area contributed by atoms with Gasteiger partial charge >= 0.3 is 0 Å². The molecular formula is C30H30BrN3O5. The minimum Gasteiger partial charge on any atom is -0.493 e. The fraction of sp³-hybridized carbons (Fsp3) is 0.233. The average Bonchev–Trinajstić information content (AvgIpc) is 2.96. The summed E-state index contributed by atoms with van der Waals surface area (Å²) in [5, 5.41) is 2.84. The smallest absolute Gasteiger partial charge is 0.261 e. The van der Waals surface area contributed by atoms with E-state index in [1.165, 1.54) is 7.11 Å². The molecule has 1 saturated heterocycles. The summed E-state index contributed by atoms with van der Waals surface area (Å²) in [6, 6.07) is 19.9. The van der Waals surface area contributed by atoms with E-state index < -0.39 is 5.91 Å². The zero-order chi connectivity index (χ0) is 27.9. The second-order valence-electron chi connectivity index (χ2n) is 8.99. The molecule has 1 fully saturated rings. The fourth-order valence-electron chi connectivity index (χ4n) is 4.33. The molecule has 1 heterocycles. The summed E-state index contributed by atoms with van der Waals surface area (Å²) in [4.78, 5) is 42.6. The Morgan fingerprint density at radius 2 is 1.49 bits per heavy atom. The highest BCUT2D eigenvalue weighted by Crippen LogP contribution is 2.34. The van der Waals surface area contributed by atoms with Gasteiger partial charge in [0.05, 0.1) is 14.2 Å². The van der Waals surface area contributed by atoms with Gasteiger partial charge in [0.25, 0.3) is 11.8 Å². The van der Waals surface area contributed by atoms with E-state index in [9.17, 15) is 14.4 Å². The van der Waals surface area contributed by atoms with Crippen molar-refractivity contribution >= 4 is 51.0 Å². The van der Waals surface area contributed by atoms with Crippen LogP contribution in [0.15, 0.2) is 76.8 Å². The predicted octanol–water partition coefficient (Wildman–Crippen LogP) is 5.04. The Morgan fingerprint density at radius 1 is 0.872 bits per heavy atom. The molecule has 0 saturated carbocycles. The lowest BCUT2D eigenvalue weighted by molar-refractivity contribution is -0.129. The van der Waals surface area contributed by atoms with Gasteiger partial charge in [0, 0.05) is 47.6 Å². The first-order valence-corrected chi connectivity index (χ1v) is 13.2. The van der Waals surface area contributed by atoms with E-state index in [-0.39, 0.29) is 17.3 Å². The summed E-state index contributed by atoms with van der Waals surface area (Å²) in [6.07, 6.45) is 1.57. The van der Waals surface area contributed by atoms with E-state index in [1.54, 1.807) is 49.3 Å². The third kappa shape index (κ3) is 6.67. The van der Waals surface area contributed by atoms with Gasteiger partial charge in [-0.1, -0.05) is 34.1 Å². The summed E-state index contributed by atoms with van der Waals surface area (Å²) in [5.41, 5.74) is 2.84. The van der Waals surface area contributed by atoms with Crippen LogP contribution < -0.4 is 19.7 Å². The number of carbonyl (C=O) groups is 3. The molecule has 4 rings (SSSR count). The number of hydrogen-bond acceptors (Lipinski definition) is 6. The van der Waals surface area contributed by atoms with E-state index in [4.69, 9.17) is 9.47 Å². The summed E-state index contributed by atoms with van der Waals surface area (Å²) >= 11 is 3.52. The molecule has 0 aromatic heterocycles. The van der Waals surface area contributed by atoms with Gasteiger partial charge in [-0.3, -0.25) is 14.4 Å². The number of nitrogens with one attached hydrogen (secondary N) is 1. The van der Waals surface area contributed by atoms with Crippen LogP contribution in [0.4, 0.5) is 11.4 Å². The van der Waals surface area contributed by atoms with Crippen molar-refractivity contribution in [2.24, 2.45) is 0 Å². The van der Waals surface area contributed by atoms with Gasteiger partial charge in [0.15, 0.2) is 17.3 Å². The second kappa shape index (κ2) is 12.6. The first-order valence-electron chi connectivity index (χ1n) is 12.5. The summed E-state index contributed by atoms with van der Waals surface area (Å²) in [5.74, 6) is 0.153. The van der Waals surface area contributed by atoms with Crippen LogP contribution in [0.1, 0.15) is 22.8 Å². The van der Waals surface area contributed by atoms with Crippen molar-refractivity contribution in [3.63, 3.8) is 0 Å². The molecule has 8 nitrogen and oxygen atoms in total. The van der Waals surface area contributed by atoms with Crippen molar-refractivity contribution in [3.8, 4) is 11.5 Å².